The molecule has 1 saturated heterocycles. The highest BCUT2D eigenvalue weighted by Crippen LogP contribution is 2.26. The molecule has 0 saturated carbocycles. The number of nitrogens with one attached hydrogen (secondary N) is 2. The Morgan fingerprint density at radius 1 is 0.980 bits per heavy atom. The zero-order chi connectivity index (χ0) is 35.1. The molecule has 0 aromatic heterocycles. The van der Waals surface area contributed by atoms with Gasteiger partial charge in [-0.3, -0.25) is 24.0 Å². The molecule has 5 rings (SSSR count). The molecule has 12 heteroatoms. The quantitative estimate of drug-likeness (QED) is 0.394. The zero-order valence-electron chi connectivity index (χ0n) is 28.2. The van der Waals surface area contributed by atoms with Crippen molar-refractivity contribution in [3.05, 3.63) is 77.6 Å². The number of hydrogen-bond donors (Lipinski definition) is 2. The van der Waals surface area contributed by atoms with Gasteiger partial charge in [0.2, 0.25) is 23.6 Å². The molecule has 260 valence electrons. The van der Waals surface area contributed by atoms with E-state index in [0.29, 0.717) is 12.8 Å². The Labute approximate surface area is 285 Å². The maximum absolute atomic E-state index is 14.6. The van der Waals surface area contributed by atoms with Crippen LogP contribution in [0, 0.1) is 5.82 Å². The molecule has 49 heavy (non-hydrogen) atoms. The van der Waals surface area contributed by atoms with Crippen molar-refractivity contribution in [3.63, 3.8) is 0 Å². The minimum Gasteiger partial charge on any atom is -0.491 e. The summed E-state index contributed by atoms with van der Waals surface area (Å²) in [7, 11) is 2.96. The second-order valence-corrected chi connectivity index (χ2v) is 12.9. The lowest BCUT2D eigenvalue weighted by Gasteiger charge is -2.28. The summed E-state index contributed by atoms with van der Waals surface area (Å²) in [6, 6.07) is 15.4. The number of fused-ring (bicyclic) bond motifs is 3. The third kappa shape index (κ3) is 8.73. The first kappa shape index (κ1) is 35.3. The van der Waals surface area contributed by atoms with E-state index in [0.717, 1.165) is 35.2 Å². The molecule has 11 nitrogen and oxygen atoms in total. The van der Waals surface area contributed by atoms with E-state index in [2.05, 4.69) is 10.6 Å². The van der Waals surface area contributed by atoms with E-state index >= 15 is 0 Å². The summed E-state index contributed by atoms with van der Waals surface area (Å²) in [6.45, 7) is 2.19. The number of carbonyl (C=O) groups excluding carboxylic acids is 5. The Morgan fingerprint density at radius 2 is 1.76 bits per heavy atom. The minimum absolute atomic E-state index is 0.0317. The van der Waals surface area contributed by atoms with Gasteiger partial charge in [0.25, 0.3) is 5.91 Å². The number of hydrogen-bond acceptors (Lipinski definition) is 6. The number of unbranched alkanes of at least 4 members (excludes halogenated alkanes) is 1. The predicted octanol–water partition coefficient (Wildman–Crippen LogP) is 3.64. The smallest absolute Gasteiger partial charge is 0.258 e. The maximum Gasteiger partial charge on any atom is 0.258 e. The van der Waals surface area contributed by atoms with Gasteiger partial charge in [-0.15, -0.1) is 0 Å². The average molecular weight is 674 g/mol. The van der Waals surface area contributed by atoms with Gasteiger partial charge in [0.1, 0.15) is 24.2 Å². The van der Waals surface area contributed by atoms with Gasteiger partial charge < -0.3 is 30.1 Å². The third-order valence-electron chi connectivity index (χ3n) is 9.26. The normalized spacial score (nSPS) is 20.6. The Kier molecular flexibility index (Phi) is 11.5. The van der Waals surface area contributed by atoms with Crippen LogP contribution in [0.15, 0.2) is 60.7 Å². The van der Waals surface area contributed by atoms with Crippen molar-refractivity contribution in [1.29, 1.82) is 0 Å². The first-order chi connectivity index (χ1) is 23.5. The van der Waals surface area contributed by atoms with Crippen LogP contribution in [0.4, 0.5) is 4.39 Å². The topological polar surface area (TPSA) is 128 Å². The number of amides is 5. The molecule has 2 heterocycles. The number of halogens is 1. The van der Waals surface area contributed by atoms with E-state index < -0.39 is 29.7 Å². The van der Waals surface area contributed by atoms with Gasteiger partial charge in [-0.05, 0) is 59.9 Å². The Bertz CT molecular complexity index is 1720. The minimum atomic E-state index is -1.08. The fourth-order valence-corrected chi connectivity index (χ4v) is 6.42. The van der Waals surface area contributed by atoms with E-state index in [1.165, 1.54) is 36.0 Å². The summed E-state index contributed by atoms with van der Waals surface area (Å²) >= 11 is 0. The van der Waals surface area contributed by atoms with Crippen molar-refractivity contribution in [2.75, 3.05) is 33.8 Å². The van der Waals surface area contributed by atoms with Gasteiger partial charge in [0.05, 0.1) is 18.2 Å². The van der Waals surface area contributed by atoms with Crippen molar-refractivity contribution >= 4 is 40.3 Å². The monoisotopic (exact) mass is 673 g/mol. The highest BCUT2D eigenvalue weighted by molar-refractivity contribution is 5.99. The van der Waals surface area contributed by atoms with Crippen molar-refractivity contribution in [1.82, 2.24) is 25.3 Å². The predicted molar refractivity (Wildman–Crippen MR) is 182 cm³/mol. The molecular formula is C37H44FN5O6. The first-order valence-corrected chi connectivity index (χ1v) is 16.8. The van der Waals surface area contributed by atoms with Crippen molar-refractivity contribution in [2.24, 2.45) is 0 Å². The zero-order valence-corrected chi connectivity index (χ0v) is 28.2. The van der Waals surface area contributed by atoms with Crippen LogP contribution in [0.1, 0.15) is 61.4 Å². The van der Waals surface area contributed by atoms with Gasteiger partial charge in [-0.25, -0.2) is 4.39 Å². The summed E-state index contributed by atoms with van der Waals surface area (Å²) in [5.41, 5.74) is 0.769. The van der Waals surface area contributed by atoms with Gasteiger partial charge >= 0.3 is 0 Å². The molecule has 0 aliphatic carbocycles. The number of rotatable bonds is 7. The van der Waals surface area contributed by atoms with Crippen molar-refractivity contribution < 1.29 is 33.1 Å². The van der Waals surface area contributed by atoms with E-state index in [-0.39, 0.29) is 74.2 Å². The van der Waals surface area contributed by atoms with E-state index in [4.69, 9.17) is 4.74 Å². The Hall–Kier alpha value is -5.00. The highest BCUT2D eigenvalue weighted by Gasteiger charge is 2.38. The molecule has 3 aromatic carbocycles. The number of carbonyl (C=O) groups is 5. The fraction of sp³-hybridized carbons (Fsp3) is 0.432. The number of benzene rings is 3. The molecule has 2 aliphatic heterocycles. The molecule has 3 atom stereocenters. The second-order valence-electron chi connectivity index (χ2n) is 12.9. The molecule has 2 aliphatic rings. The molecule has 3 aromatic rings. The van der Waals surface area contributed by atoms with Crippen LogP contribution in [0.5, 0.6) is 5.75 Å². The van der Waals surface area contributed by atoms with Crippen LogP contribution < -0.4 is 15.4 Å². The summed E-state index contributed by atoms with van der Waals surface area (Å²) in [5, 5.41) is 7.98. The molecule has 0 radical (unpaired) electrons. The molecule has 0 bridgehead atoms. The summed E-state index contributed by atoms with van der Waals surface area (Å²) in [4.78, 5) is 71.0. The second kappa shape index (κ2) is 15.9. The van der Waals surface area contributed by atoms with Gasteiger partial charge in [0.15, 0.2) is 0 Å². The van der Waals surface area contributed by atoms with Crippen LogP contribution >= 0.6 is 0 Å². The maximum atomic E-state index is 14.6. The number of nitrogens with zero attached hydrogens (tertiary/aromatic N) is 3. The third-order valence-corrected chi connectivity index (χ3v) is 9.26. The van der Waals surface area contributed by atoms with Crippen LogP contribution in [-0.4, -0.2) is 96.2 Å². The molecule has 0 spiro atoms. The van der Waals surface area contributed by atoms with Gasteiger partial charge in [0, 0.05) is 46.1 Å². The summed E-state index contributed by atoms with van der Waals surface area (Å²) < 4.78 is 20.7. The van der Waals surface area contributed by atoms with E-state index in [1.807, 2.05) is 49.4 Å². The molecule has 1 fully saturated rings. The number of ether oxygens (including phenoxy) is 1. The van der Waals surface area contributed by atoms with Crippen LogP contribution in [-0.2, 0) is 25.7 Å². The first-order valence-electron chi connectivity index (χ1n) is 16.8. The van der Waals surface area contributed by atoms with E-state index in [1.54, 1.807) is 4.90 Å². The van der Waals surface area contributed by atoms with Crippen LogP contribution in [0.3, 0.4) is 0 Å². The largest absolute Gasteiger partial charge is 0.491 e. The van der Waals surface area contributed by atoms with Crippen LogP contribution in [0.2, 0.25) is 0 Å². The lowest BCUT2D eigenvalue weighted by Crippen LogP contribution is -2.48. The average Bonchev–Trinajstić information content (AvgIpc) is 3.50. The fourth-order valence-electron chi connectivity index (χ4n) is 6.42. The van der Waals surface area contributed by atoms with E-state index in [9.17, 15) is 28.4 Å². The lowest BCUT2D eigenvalue weighted by molar-refractivity contribution is -0.140. The molecule has 5 amide bonds. The highest BCUT2D eigenvalue weighted by atomic mass is 19.1. The van der Waals surface area contributed by atoms with Crippen molar-refractivity contribution in [2.45, 2.75) is 70.1 Å². The Balaban J connectivity index is 1.38. The Morgan fingerprint density at radius 3 is 2.53 bits per heavy atom. The molecule has 2 unspecified atom stereocenters. The van der Waals surface area contributed by atoms with Crippen LogP contribution in [0.25, 0.3) is 10.8 Å². The summed E-state index contributed by atoms with van der Waals surface area (Å²) in [6.07, 6.45) is 2.27. The van der Waals surface area contributed by atoms with Gasteiger partial charge in [-0.1, -0.05) is 49.7 Å². The summed E-state index contributed by atoms with van der Waals surface area (Å²) in [5.74, 6) is -2.49. The van der Waals surface area contributed by atoms with Gasteiger partial charge in [-0.2, -0.15) is 0 Å². The molecule has 2 N–H and O–H groups in total. The SMILES string of the molecule is CCCCC(=O)N[C@H]1CC2COc3ccc(F)cc3C(=O)N(C)C(C(=O)NCc3ccc4ccccc4c3)CCC(=O)N(C)CC(=O)N2C1. The standard InChI is InChI=1S/C37H44FN5O6/c1-4-5-10-33(44)40-28-19-29-23-49-32-15-13-27(38)18-30(32)37(48)42(3)31(14-16-34(45)41(2)22-35(46)43(29)21-28)36(47)39-20-24-11-12-25-8-6-7-9-26(25)17-24/h6-9,11-13,15,17-18,28-29,31H,4-5,10,14,16,19-23H2,1-3H3,(H,39,47)(H,40,44)/t28-,29?,31?/m0/s1. The lowest BCUT2D eigenvalue weighted by atomic mass is 10.0. The molecular weight excluding hydrogens is 629 g/mol. The number of likely N-dealkylation sites (N-methyl/N-ethyl adjacent to an activating group) is 2. The van der Waals surface area contributed by atoms with Crippen molar-refractivity contribution in [3.8, 4) is 5.75 Å².